The number of aliphatic imine (C=N–C) groups is 1. The first-order valence-electron chi connectivity index (χ1n) is 5.15. The van der Waals surface area contributed by atoms with Crippen LogP contribution in [0.25, 0.3) is 0 Å². The lowest BCUT2D eigenvalue weighted by Gasteiger charge is -2.03. The molecule has 0 saturated heterocycles. The Morgan fingerprint density at radius 3 is 2.69 bits per heavy atom. The molecule has 1 saturated carbocycles. The molecule has 0 radical (unpaired) electrons. The van der Waals surface area contributed by atoms with Crippen LogP contribution in [-0.4, -0.2) is 22.8 Å². The largest absolute Gasteiger partial charge is 0.479 e. The Balaban J connectivity index is 2.18. The number of hydrogen-bond acceptors (Lipinski definition) is 2. The summed E-state index contributed by atoms with van der Waals surface area (Å²) in [6, 6.07) is 9.49. The molecule has 16 heavy (non-hydrogen) atoms. The van der Waals surface area contributed by atoms with Crippen molar-refractivity contribution < 1.29 is 9.90 Å². The Morgan fingerprint density at radius 2 is 2.19 bits per heavy atom. The van der Waals surface area contributed by atoms with Gasteiger partial charge in [0, 0.05) is 12.1 Å². The summed E-state index contributed by atoms with van der Waals surface area (Å²) >= 11 is 0. The number of carbonyl (C=O) groups is 1. The van der Waals surface area contributed by atoms with Gasteiger partial charge in [0.2, 0.25) is 0 Å². The topological polar surface area (TPSA) is 49.7 Å². The van der Waals surface area contributed by atoms with Gasteiger partial charge in [0.15, 0.2) is 5.54 Å². The van der Waals surface area contributed by atoms with E-state index < -0.39 is 11.5 Å². The minimum atomic E-state index is -0.961. The highest BCUT2D eigenvalue weighted by atomic mass is 16.4. The molecule has 0 amide bonds. The Hall–Kier alpha value is -1.90. The average Bonchev–Trinajstić information content (AvgIpc) is 3.03. The summed E-state index contributed by atoms with van der Waals surface area (Å²) < 4.78 is 0. The van der Waals surface area contributed by atoms with Gasteiger partial charge in [0.25, 0.3) is 0 Å². The molecule has 0 heterocycles. The number of nitrogens with zero attached hydrogens (tertiary/aromatic N) is 1. The molecule has 1 aliphatic carbocycles. The molecule has 3 nitrogen and oxygen atoms in total. The zero-order valence-electron chi connectivity index (χ0n) is 8.84. The molecule has 2 atom stereocenters. The first kappa shape index (κ1) is 10.6. The van der Waals surface area contributed by atoms with E-state index in [1.807, 2.05) is 30.3 Å². The van der Waals surface area contributed by atoms with Gasteiger partial charge >= 0.3 is 5.97 Å². The van der Waals surface area contributed by atoms with Crippen LogP contribution in [0.3, 0.4) is 0 Å². The second-order valence-electron chi connectivity index (χ2n) is 3.94. The van der Waals surface area contributed by atoms with E-state index in [1.165, 1.54) is 0 Å². The van der Waals surface area contributed by atoms with Gasteiger partial charge in [-0.1, -0.05) is 36.4 Å². The van der Waals surface area contributed by atoms with Crippen LogP contribution in [0.2, 0.25) is 0 Å². The van der Waals surface area contributed by atoms with E-state index in [2.05, 4.69) is 11.6 Å². The van der Waals surface area contributed by atoms with Crippen molar-refractivity contribution in [1.29, 1.82) is 0 Å². The first-order valence-corrected chi connectivity index (χ1v) is 5.15. The molecule has 0 bridgehead atoms. The van der Waals surface area contributed by atoms with Crippen LogP contribution in [0.5, 0.6) is 0 Å². The summed E-state index contributed by atoms with van der Waals surface area (Å²) in [6.07, 6.45) is 3.84. The van der Waals surface area contributed by atoms with Crippen molar-refractivity contribution in [3.63, 3.8) is 0 Å². The summed E-state index contributed by atoms with van der Waals surface area (Å²) in [6.45, 7) is 3.62. The van der Waals surface area contributed by atoms with Crippen LogP contribution in [0.4, 0.5) is 0 Å². The van der Waals surface area contributed by atoms with Gasteiger partial charge in [-0.05, 0) is 12.0 Å². The number of benzene rings is 1. The predicted octanol–water partition coefficient (Wildman–Crippen LogP) is 2.13. The molecule has 1 fully saturated rings. The highest BCUT2D eigenvalue weighted by molar-refractivity contribution is 5.89. The van der Waals surface area contributed by atoms with Crippen molar-refractivity contribution in [2.75, 3.05) is 0 Å². The van der Waals surface area contributed by atoms with Crippen LogP contribution in [-0.2, 0) is 4.79 Å². The Kier molecular flexibility index (Phi) is 2.60. The zero-order valence-corrected chi connectivity index (χ0v) is 8.84. The van der Waals surface area contributed by atoms with E-state index in [0.29, 0.717) is 6.42 Å². The number of rotatable bonds is 4. The summed E-state index contributed by atoms with van der Waals surface area (Å²) in [7, 11) is 0. The van der Waals surface area contributed by atoms with E-state index in [-0.39, 0.29) is 5.92 Å². The van der Waals surface area contributed by atoms with E-state index in [0.717, 1.165) is 5.56 Å². The molecule has 1 aromatic carbocycles. The Bertz CT molecular complexity index is 439. The van der Waals surface area contributed by atoms with Gasteiger partial charge in [-0.2, -0.15) is 0 Å². The molecule has 1 aliphatic rings. The molecule has 82 valence electrons. The van der Waals surface area contributed by atoms with Crippen molar-refractivity contribution in [2.24, 2.45) is 10.9 Å². The molecular weight excluding hydrogens is 202 g/mol. The third kappa shape index (κ3) is 1.76. The number of carboxylic acid groups (broad SMARTS) is 1. The van der Waals surface area contributed by atoms with Crippen molar-refractivity contribution in [3.8, 4) is 0 Å². The molecule has 3 heteroatoms. The maximum absolute atomic E-state index is 11.1. The standard InChI is InChI=1S/C13H13NO2/c1-2-11-8-13(11,12(15)16)14-9-10-6-4-3-5-7-10/h2-7,9,11H,1,8H2,(H,15,16). The Morgan fingerprint density at radius 1 is 1.50 bits per heavy atom. The van der Waals surface area contributed by atoms with Gasteiger partial charge < -0.3 is 5.11 Å². The third-order valence-electron chi connectivity index (χ3n) is 2.88. The van der Waals surface area contributed by atoms with Crippen molar-refractivity contribution in [1.82, 2.24) is 0 Å². The highest BCUT2D eigenvalue weighted by Crippen LogP contribution is 2.48. The van der Waals surface area contributed by atoms with Crippen LogP contribution < -0.4 is 0 Å². The molecular formula is C13H13NO2. The highest BCUT2D eigenvalue weighted by Gasteiger charge is 2.59. The molecule has 0 aliphatic heterocycles. The molecule has 2 unspecified atom stereocenters. The van der Waals surface area contributed by atoms with Gasteiger partial charge in [-0.3, -0.25) is 4.99 Å². The second-order valence-corrected chi connectivity index (χ2v) is 3.94. The number of aliphatic carboxylic acids is 1. The predicted molar refractivity (Wildman–Crippen MR) is 62.7 cm³/mol. The summed E-state index contributed by atoms with van der Waals surface area (Å²) in [4.78, 5) is 15.3. The third-order valence-corrected chi connectivity index (χ3v) is 2.88. The maximum Gasteiger partial charge on any atom is 0.332 e. The lowest BCUT2D eigenvalue weighted by molar-refractivity contribution is -0.139. The monoisotopic (exact) mass is 215 g/mol. The van der Waals surface area contributed by atoms with Crippen LogP contribution >= 0.6 is 0 Å². The average molecular weight is 215 g/mol. The van der Waals surface area contributed by atoms with E-state index in [1.54, 1.807) is 12.3 Å². The van der Waals surface area contributed by atoms with Crippen LogP contribution in [0.15, 0.2) is 48.0 Å². The molecule has 0 aromatic heterocycles. The minimum absolute atomic E-state index is 0.0371. The summed E-state index contributed by atoms with van der Waals surface area (Å²) in [5.41, 5.74) is -0.0461. The Labute approximate surface area is 94.1 Å². The maximum atomic E-state index is 11.1. The molecule has 0 spiro atoms. The molecule has 2 rings (SSSR count). The quantitative estimate of drug-likeness (QED) is 0.618. The number of carboxylic acids is 1. The summed E-state index contributed by atoms with van der Waals surface area (Å²) in [5.74, 6) is -0.908. The van der Waals surface area contributed by atoms with E-state index >= 15 is 0 Å². The molecule has 1 N–H and O–H groups in total. The fraction of sp³-hybridized carbons (Fsp3) is 0.231. The first-order chi connectivity index (χ1) is 7.69. The van der Waals surface area contributed by atoms with Gasteiger partial charge in [0.05, 0.1) is 0 Å². The van der Waals surface area contributed by atoms with Crippen molar-refractivity contribution >= 4 is 12.2 Å². The second kappa shape index (κ2) is 3.93. The van der Waals surface area contributed by atoms with Crippen LogP contribution in [0, 0.1) is 5.92 Å². The minimum Gasteiger partial charge on any atom is -0.479 e. The van der Waals surface area contributed by atoms with Gasteiger partial charge in [0.1, 0.15) is 0 Å². The van der Waals surface area contributed by atoms with Crippen molar-refractivity contribution in [2.45, 2.75) is 12.0 Å². The van der Waals surface area contributed by atoms with Gasteiger partial charge in [-0.25, -0.2) is 4.79 Å². The lowest BCUT2D eigenvalue weighted by Crippen LogP contribution is -2.22. The zero-order chi connectivity index (χ0) is 11.6. The lowest BCUT2D eigenvalue weighted by atomic mass is 10.2. The number of hydrogen-bond donors (Lipinski definition) is 1. The van der Waals surface area contributed by atoms with Gasteiger partial charge in [-0.15, -0.1) is 6.58 Å². The molecule has 1 aromatic rings. The fourth-order valence-electron chi connectivity index (χ4n) is 1.73. The smallest absolute Gasteiger partial charge is 0.332 e. The van der Waals surface area contributed by atoms with E-state index in [9.17, 15) is 4.79 Å². The van der Waals surface area contributed by atoms with Crippen molar-refractivity contribution in [3.05, 3.63) is 48.6 Å². The SMILES string of the molecule is C=CC1CC1(N=Cc1ccccc1)C(=O)O. The van der Waals surface area contributed by atoms with Crippen LogP contribution in [0.1, 0.15) is 12.0 Å². The normalized spacial score (nSPS) is 27.9. The fourth-order valence-corrected chi connectivity index (χ4v) is 1.73. The van der Waals surface area contributed by atoms with E-state index in [4.69, 9.17) is 5.11 Å². The summed E-state index contributed by atoms with van der Waals surface area (Å²) in [5, 5.41) is 9.12.